The van der Waals surface area contributed by atoms with E-state index in [0.29, 0.717) is 33.0 Å². The highest BCUT2D eigenvalue weighted by Crippen LogP contribution is 1.92. The van der Waals surface area contributed by atoms with E-state index in [1.807, 2.05) is 0 Å². The fraction of sp³-hybridized carbons (Fsp3) is 0.929. The SMILES string of the molecule is CCCCOCCOCCOCCOC(=O)C(N)CCO. The zero-order valence-corrected chi connectivity index (χ0v) is 12.9. The van der Waals surface area contributed by atoms with Gasteiger partial charge in [-0.3, -0.25) is 4.79 Å². The minimum atomic E-state index is -0.772. The van der Waals surface area contributed by atoms with Crippen LogP contribution in [-0.4, -0.2) is 70.0 Å². The molecule has 0 aromatic heterocycles. The maximum absolute atomic E-state index is 11.3. The standard InChI is InChI=1S/C14H29NO6/c1-2-3-6-18-7-8-19-9-10-20-11-12-21-14(17)13(15)4-5-16/h13,16H,2-12,15H2,1H3. The van der Waals surface area contributed by atoms with Crippen LogP contribution < -0.4 is 5.73 Å². The number of nitrogens with two attached hydrogens (primary N) is 1. The first-order chi connectivity index (χ1) is 10.2. The molecule has 1 unspecified atom stereocenters. The van der Waals surface area contributed by atoms with Crippen LogP contribution in [0.15, 0.2) is 0 Å². The van der Waals surface area contributed by atoms with Crippen LogP contribution in [0.3, 0.4) is 0 Å². The lowest BCUT2D eigenvalue weighted by Gasteiger charge is -2.10. The number of esters is 1. The molecular formula is C14H29NO6. The molecule has 7 nitrogen and oxygen atoms in total. The Hall–Kier alpha value is -0.730. The van der Waals surface area contributed by atoms with E-state index in [4.69, 9.17) is 29.8 Å². The number of aliphatic hydroxyl groups is 1. The van der Waals surface area contributed by atoms with Gasteiger partial charge in [-0.2, -0.15) is 0 Å². The largest absolute Gasteiger partial charge is 0.462 e. The van der Waals surface area contributed by atoms with E-state index >= 15 is 0 Å². The minimum Gasteiger partial charge on any atom is -0.462 e. The molecule has 0 aliphatic rings. The van der Waals surface area contributed by atoms with E-state index in [1.54, 1.807) is 0 Å². The molecule has 0 rings (SSSR count). The monoisotopic (exact) mass is 307 g/mol. The summed E-state index contributed by atoms with van der Waals surface area (Å²) in [5.74, 6) is -0.520. The zero-order valence-electron chi connectivity index (χ0n) is 12.9. The van der Waals surface area contributed by atoms with Gasteiger partial charge in [0.1, 0.15) is 12.6 Å². The Bertz CT molecular complexity index is 240. The van der Waals surface area contributed by atoms with Gasteiger partial charge in [-0.05, 0) is 12.8 Å². The van der Waals surface area contributed by atoms with Crippen LogP contribution in [0.2, 0.25) is 0 Å². The summed E-state index contributed by atoms with van der Waals surface area (Å²) in [5.41, 5.74) is 5.46. The Morgan fingerprint density at radius 3 is 2.05 bits per heavy atom. The van der Waals surface area contributed by atoms with Crippen molar-refractivity contribution in [3.8, 4) is 0 Å². The van der Waals surface area contributed by atoms with Gasteiger partial charge in [-0.25, -0.2) is 0 Å². The van der Waals surface area contributed by atoms with E-state index in [2.05, 4.69) is 6.92 Å². The summed E-state index contributed by atoms with van der Waals surface area (Å²) in [6.07, 6.45) is 2.40. The molecule has 0 amide bonds. The normalized spacial score (nSPS) is 12.3. The second-order valence-electron chi connectivity index (χ2n) is 4.48. The van der Waals surface area contributed by atoms with E-state index < -0.39 is 12.0 Å². The number of carbonyl (C=O) groups is 1. The van der Waals surface area contributed by atoms with Crippen LogP contribution in [0.1, 0.15) is 26.2 Å². The number of rotatable bonds is 15. The highest BCUT2D eigenvalue weighted by molar-refractivity contribution is 5.75. The first kappa shape index (κ1) is 20.3. The Morgan fingerprint density at radius 2 is 1.52 bits per heavy atom. The summed E-state index contributed by atoms with van der Waals surface area (Å²) in [7, 11) is 0. The maximum Gasteiger partial charge on any atom is 0.323 e. The van der Waals surface area contributed by atoms with E-state index in [0.717, 1.165) is 19.4 Å². The van der Waals surface area contributed by atoms with Crippen molar-refractivity contribution in [2.75, 3.05) is 52.9 Å². The van der Waals surface area contributed by atoms with Crippen molar-refractivity contribution in [2.24, 2.45) is 5.73 Å². The zero-order chi connectivity index (χ0) is 15.8. The second-order valence-corrected chi connectivity index (χ2v) is 4.48. The first-order valence-corrected chi connectivity index (χ1v) is 7.48. The third kappa shape index (κ3) is 14.0. The minimum absolute atomic E-state index is 0.133. The van der Waals surface area contributed by atoms with Gasteiger partial charge in [0.05, 0.1) is 33.0 Å². The molecule has 0 saturated heterocycles. The van der Waals surface area contributed by atoms with Crippen molar-refractivity contribution in [3.05, 3.63) is 0 Å². The third-order valence-electron chi connectivity index (χ3n) is 2.60. The Balaban J connectivity index is 3.17. The van der Waals surface area contributed by atoms with E-state index in [9.17, 15) is 4.79 Å². The van der Waals surface area contributed by atoms with Crippen LogP contribution in [0.25, 0.3) is 0 Å². The molecule has 3 N–H and O–H groups in total. The van der Waals surface area contributed by atoms with Gasteiger partial charge in [0.15, 0.2) is 0 Å². The molecule has 0 aliphatic heterocycles. The molecule has 7 heteroatoms. The van der Waals surface area contributed by atoms with Crippen LogP contribution in [0.4, 0.5) is 0 Å². The summed E-state index contributed by atoms with van der Waals surface area (Å²) < 4.78 is 20.8. The van der Waals surface area contributed by atoms with Crippen molar-refractivity contribution in [1.29, 1.82) is 0 Å². The summed E-state index contributed by atoms with van der Waals surface area (Å²) in [5, 5.41) is 8.62. The van der Waals surface area contributed by atoms with Crippen molar-refractivity contribution < 1.29 is 28.8 Å². The lowest BCUT2D eigenvalue weighted by atomic mass is 10.2. The predicted molar refractivity (Wildman–Crippen MR) is 78.0 cm³/mol. The molecule has 0 spiro atoms. The smallest absolute Gasteiger partial charge is 0.323 e. The topological polar surface area (TPSA) is 100 Å². The van der Waals surface area contributed by atoms with Gasteiger partial charge in [-0.15, -0.1) is 0 Å². The lowest BCUT2D eigenvalue weighted by molar-refractivity contribution is -0.147. The highest BCUT2D eigenvalue weighted by Gasteiger charge is 2.13. The summed E-state index contributed by atoms with van der Waals surface area (Å²) in [4.78, 5) is 11.3. The van der Waals surface area contributed by atoms with E-state index in [1.165, 1.54) is 0 Å². The molecule has 0 aliphatic carbocycles. The van der Waals surface area contributed by atoms with Crippen LogP contribution in [0, 0.1) is 0 Å². The Morgan fingerprint density at radius 1 is 1.00 bits per heavy atom. The van der Waals surface area contributed by atoms with Gasteiger partial charge < -0.3 is 29.8 Å². The molecule has 0 fully saturated rings. The number of aliphatic hydroxyl groups excluding tert-OH is 1. The summed E-state index contributed by atoms with van der Waals surface area (Å²) in [6, 6.07) is -0.772. The van der Waals surface area contributed by atoms with E-state index in [-0.39, 0.29) is 19.6 Å². The molecule has 21 heavy (non-hydrogen) atoms. The van der Waals surface area contributed by atoms with Gasteiger partial charge in [0.2, 0.25) is 0 Å². The molecule has 0 bridgehead atoms. The number of hydrogen-bond acceptors (Lipinski definition) is 7. The van der Waals surface area contributed by atoms with Crippen molar-refractivity contribution in [3.63, 3.8) is 0 Å². The van der Waals surface area contributed by atoms with Crippen molar-refractivity contribution >= 4 is 5.97 Å². The molecule has 0 radical (unpaired) electrons. The van der Waals surface area contributed by atoms with Crippen molar-refractivity contribution in [1.82, 2.24) is 0 Å². The Labute approximate surface area is 126 Å². The molecule has 126 valence electrons. The quantitative estimate of drug-likeness (QED) is 0.326. The summed E-state index contributed by atoms with van der Waals surface area (Å²) >= 11 is 0. The van der Waals surface area contributed by atoms with Gasteiger partial charge in [-0.1, -0.05) is 13.3 Å². The number of ether oxygens (including phenoxy) is 4. The molecule has 1 atom stereocenters. The molecule has 0 aromatic carbocycles. The maximum atomic E-state index is 11.3. The average molecular weight is 307 g/mol. The predicted octanol–water partition coefficient (Wildman–Crippen LogP) is 0.0892. The average Bonchev–Trinajstić information content (AvgIpc) is 2.48. The fourth-order valence-corrected chi connectivity index (χ4v) is 1.35. The summed E-state index contributed by atoms with van der Waals surface area (Å²) in [6.45, 7) is 5.29. The van der Waals surface area contributed by atoms with Gasteiger partial charge >= 0.3 is 5.97 Å². The lowest BCUT2D eigenvalue weighted by Crippen LogP contribution is -2.33. The second kappa shape index (κ2) is 15.7. The van der Waals surface area contributed by atoms with Crippen LogP contribution in [0.5, 0.6) is 0 Å². The molecule has 0 heterocycles. The van der Waals surface area contributed by atoms with Crippen LogP contribution >= 0.6 is 0 Å². The van der Waals surface area contributed by atoms with Crippen LogP contribution in [-0.2, 0) is 23.7 Å². The molecule has 0 aromatic rings. The fourth-order valence-electron chi connectivity index (χ4n) is 1.35. The highest BCUT2D eigenvalue weighted by atomic mass is 16.6. The third-order valence-corrected chi connectivity index (χ3v) is 2.60. The molecule has 0 saturated carbocycles. The number of hydrogen-bond donors (Lipinski definition) is 2. The molecular weight excluding hydrogens is 278 g/mol. The van der Waals surface area contributed by atoms with Gasteiger partial charge in [0.25, 0.3) is 0 Å². The van der Waals surface area contributed by atoms with Gasteiger partial charge in [0, 0.05) is 13.2 Å². The first-order valence-electron chi connectivity index (χ1n) is 7.48. The van der Waals surface area contributed by atoms with Crippen molar-refractivity contribution in [2.45, 2.75) is 32.2 Å². The number of carbonyl (C=O) groups excluding carboxylic acids is 1. The number of unbranched alkanes of at least 4 members (excludes halogenated alkanes) is 1. The Kier molecular flexibility index (Phi) is 15.1.